The van der Waals surface area contributed by atoms with E-state index in [1.54, 1.807) is 0 Å². The largest absolute Gasteiger partial charge is 0.338 e. The number of piperidine rings is 1. The molecule has 1 fully saturated rings. The number of amides is 1. The average Bonchev–Trinajstić information content (AvgIpc) is 2.96. The van der Waals surface area contributed by atoms with Crippen LogP contribution in [-0.2, 0) is 4.79 Å². The fourth-order valence-electron chi connectivity index (χ4n) is 4.91. The fraction of sp³-hybridized carbons (Fsp3) is 0.296. The van der Waals surface area contributed by atoms with E-state index in [1.807, 2.05) is 0 Å². The lowest BCUT2D eigenvalue weighted by Gasteiger charge is -2.32. The van der Waals surface area contributed by atoms with Crippen LogP contribution in [0.3, 0.4) is 0 Å². The zero-order valence-electron chi connectivity index (χ0n) is 16.9. The number of hydrogen-bond acceptors (Lipinski definition) is 1. The minimum Gasteiger partial charge on any atom is -0.338 e. The standard InChI is InChI=1S/C27H27NO/c29-27(23-10-2-1-3-11-23)28-18-16-22(17-19-28)26-24-12-6-4-8-20(24)14-15-21-9-5-7-13-25(21)26/h4-10,12-15H,1-3,11,16-19H2. The Bertz CT molecular complexity index is 979. The maximum atomic E-state index is 12.9. The normalized spacial score (nSPS) is 18.6. The molecule has 2 aromatic rings. The molecule has 2 aliphatic carbocycles. The first-order valence-electron chi connectivity index (χ1n) is 10.9. The number of fused-ring (bicyclic) bond motifs is 2. The van der Waals surface area contributed by atoms with Gasteiger partial charge >= 0.3 is 0 Å². The number of hydrogen-bond donors (Lipinski definition) is 0. The van der Waals surface area contributed by atoms with Crippen LogP contribution in [0.2, 0.25) is 0 Å². The zero-order valence-corrected chi connectivity index (χ0v) is 16.9. The van der Waals surface area contributed by atoms with Crippen LogP contribution < -0.4 is 0 Å². The van der Waals surface area contributed by atoms with Gasteiger partial charge in [-0.05, 0) is 66.4 Å². The second-order valence-corrected chi connectivity index (χ2v) is 8.25. The topological polar surface area (TPSA) is 20.3 Å². The lowest BCUT2D eigenvalue weighted by Crippen LogP contribution is -2.37. The maximum absolute atomic E-state index is 12.9. The molecule has 0 N–H and O–H groups in total. The van der Waals surface area contributed by atoms with Gasteiger partial charge < -0.3 is 4.90 Å². The summed E-state index contributed by atoms with van der Waals surface area (Å²) in [6.07, 6.45) is 12.9. The molecule has 29 heavy (non-hydrogen) atoms. The van der Waals surface area contributed by atoms with Gasteiger partial charge in [0.1, 0.15) is 0 Å². The minimum atomic E-state index is 0.275. The molecule has 0 aromatic heterocycles. The first kappa shape index (κ1) is 18.2. The van der Waals surface area contributed by atoms with Crippen LogP contribution >= 0.6 is 0 Å². The first-order valence-corrected chi connectivity index (χ1v) is 10.9. The van der Waals surface area contributed by atoms with E-state index in [2.05, 4.69) is 71.7 Å². The Morgan fingerprint density at radius 2 is 1.38 bits per heavy atom. The fourth-order valence-corrected chi connectivity index (χ4v) is 4.91. The molecule has 0 atom stereocenters. The number of allylic oxidation sites excluding steroid dienone is 1. The molecule has 5 rings (SSSR count). The van der Waals surface area contributed by atoms with Gasteiger partial charge in [-0.2, -0.15) is 0 Å². The van der Waals surface area contributed by atoms with Crippen LogP contribution in [0.5, 0.6) is 0 Å². The summed E-state index contributed by atoms with van der Waals surface area (Å²) in [5, 5.41) is 0. The van der Waals surface area contributed by atoms with Crippen molar-refractivity contribution in [2.75, 3.05) is 13.1 Å². The lowest BCUT2D eigenvalue weighted by atomic mass is 9.86. The van der Waals surface area contributed by atoms with Crippen LogP contribution in [0, 0.1) is 0 Å². The molecule has 3 aliphatic rings. The lowest BCUT2D eigenvalue weighted by molar-refractivity contribution is -0.127. The molecule has 2 aromatic carbocycles. The summed E-state index contributed by atoms with van der Waals surface area (Å²) in [6.45, 7) is 1.65. The Morgan fingerprint density at radius 3 is 1.97 bits per heavy atom. The van der Waals surface area contributed by atoms with E-state index in [9.17, 15) is 4.79 Å². The Balaban J connectivity index is 1.48. The number of carbonyl (C=O) groups is 1. The van der Waals surface area contributed by atoms with Crippen LogP contribution in [0.25, 0.3) is 17.7 Å². The predicted octanol–water partition coefficient (Wildman–Crippen LogP) is 6.10. The molecule has 2 heteroatoms. The van der Waals surface area contributed by atoms with Gasteiger partial charge in [0.15, 0.2) is 0 Å². The van der Waals surface area contributed by atoms with E-state index < -0.39 is 0 Å². The third-order valence-corrected chi connectivity index (χ3v) is 6.48. The number of carbonyl (C=O) groups excluding carboxylic acids is 1. The highest BCUT2D eigenvalue weighted by Gasteiger charge is 2.26. The quantitative estimate of drug-likeness (QED) is 0.499. The predicted molar refractivity (Wildman–Crippen MR) is 120 cm³/mol. The van der Waals surface area contributed by atoms with Gasteiger partial charge in [-0.25, -0.2) is 0 Å². The highest BCUT2D eigenvalue weighted by molar-refractivity contribution is 5.96. The van der Waals surface area contributed by atoms with Crippen molar-refractivity contribution in [1.29, 1.82) is 0 Å². The zero-order chi connectivity index (χ0) is 19.6. The summed E-state index contributed by atoms with van der Waals surface area (Å²) >= 11 is 0. The highest BCUT2D eigenvalue weighted by atomic mass is 16.2. The third-order valence-electron chi connectivity index (χ3n) is 6.48. The Kier molecular flexibility index (Phi) is 4.93. The van der Waals surface area contributed by atoms with Crippen molar-refractivity contribution in [1.82, 2.24) is 4.90 Å². The van der Waals surface area contributed by atoms with Crippen molar-refractivity contribution >= 4 is 23.6 Å². The monoisotopic (exact) mass is 381 g/mol. The molecule has 1 saturated heterocycles. The minimum absolute atomic E-state index is 0.275. The van der Waals surface area contributed by atoms with Gasteiger partial charge in [0.05, 0.1) is 0 Å². The van der Waals surface area contributed by atoms with Crippen LogP contribution in [0.4, 0.5) is 0 Å². The molecule has 1 heterocycles. The Hall–Kier alpha value is -2.87. The molecule has 1 amide bonds. The summed E-state index contributed by atoms with van der Waals surface area (Å²) in [4.78, 5) is 15.0. The van der Waals surface area contributed by atoms with Gasteiger partial charge in [-0.3, -0.25) is 4.79 Å². The van der Waals surface area contributed by atoms with Crippen LogP contribution in [0.1, 0.15) is 60.8 Å². The van der Waals surface area contributed by atoms with E-state index in [-0.39, 0.29) is 5.91 Å². The molecule has 0 saturated carbocycles. The van der Waals surface area contributed by atoms with Crippen molar-refractivity contribution in [3.8, 4) is 0 Å². The third kappa shape index (κ3) is 3.48. The van der Waals surface area contributed by atoms with E-state index in [4.69, 9.17) is 0 Å². The van der Waals surface area contributed by atoms with E-state index >= 15 is 0 Å². The van der Waals surface area contributed by atoms with Gasteiger partial charge in [0, 0.05) is 18.7 Å². The van der Waals surface area contributed by atoms with Crippen LogP contribution in [0.15, 0.2) is 65.8 Å². The molecule has 1 aliphatic heterocycles. The number of benzene rings is 2. The molecule has 0 bridgehead atoms. The van der Waals surface area contributed by atoms with Crippen molar-refractivity contribution in [2.45, 2.75) is 38.5 Å². The summed E-state index contributed by atoms with van der Waals surface area (Å²) in [5.41, 5.74) is 9.09. The van der Waals surface area contributed by atoms with E-state index in [1.165, 1.54) is 39.8 Å². The van der Waals surface area contributed by atoms with Crippen molar-refractivity contribution < 1.29 is 4.79 Å². The van der Waals surface area contributed by atoms with E-state index in [0.29, 0.717) is 0 Å². The number of likely N-dealkylation sites (tertiary alicyclic amines) is 1. The SMILES string of the molecule is O=C(C1=CCCCC1)N1CCC(=C2c3ccccc3C=Cc3ccccc32)CC1. The second kappa shape index (κ2) is 7.87. The summed E-state index contributed by atoms with van der Waals surface area (Å²) in [6, 6.07) is 17.4. The molecule has 0 spiro atoms. The maximum Gasteiger partial charge on any atom is 0.249 e. The smallest absolute Gasteiger partial charge is 0.249 e. The Morgan fingerprint density at radius 1 is 0.759 bits per heavy atom. The van der Waals surface area contributed by atoms with Crippen molar-refractivity contribution in [3.63, 3.8) is 0 Å². The van der Waals surface area contributed by atoms with Gasteiger partial charge in [0.25, 0.3) is 0 Å². The first-order chi connectivity index (χ1) is 14.3. The van der Waals surface area contributed by atoms with Gasteiger partial charge in [0.2, 0.25) is 5.91 Å². The van der Waals surface area contributed by atoms with Crippen LogP contribution in [-0.4, -0.2) is 23.9 Å². The summed E-state index contributed by atoms with van der Waals surface area (Å²) in [7, 11) is 0. The summed E-state index contributed by atoms with van der Waals surface area (Å²) < 4.78 is 0. The molecule has 146 valence electrons. The summed E-state index contributed by atoms with van der Waals surface area (Å²) in [5.74, 6) is 0.275. The molecular weight excluding hydrogens is 354 g/mol. The molecular formula is C27H27NO. The molecule has 2 nitrogen and oxygen atoms in total. The van der Waals surface area contributed by atoms with E-state index in [0.717, 1.165) is 50.8 Å². The Labute approximate surface area is 173 Å². The second-order valence-electron chi connectivity index (χ2n) is 8.25. The molecule has 0 radical (unpaired) electrons. The van der Waals surface area contributed by atoms with Crippen molar-refractivity contribution in [3.05, 3.63) is 88.0 Å². The molecule has 0 unspecified atom stereocenters. The van der Waals surface area contributed by atoms with Gasteiger partial charge in [-0.1, -0.05) is 72.3 Å². The van der Waals surface area contributed by atoms with Gasteiger partial charge in [-0.15, -0.1) is 0 Å². The van der Waals surface area contributed by atoms with Crippen molar-refractivity contribution in [2.24, 2.45) is 0 Å². The number of nitrogens with zero attached hydrogens (tertiary/aromatic N) is 1. The number of rotatable bonds is 1. The highest BCUT2D eigenvalue weighted by Crippen LogP contribution is 2.38. The average molecular weight is 382 g/mol.